The minimum absolute atomic E-state index is 0.0320. The van der Waals surface area contributed by atoms with Crippen LogP contribution >= 0.6 is 11.3 Å². The molecule has 2 aromatic heterocycles. The molecule has 0 radical (unpaired) electrons. The SMILES string of the molecule is Cc1cc2c(NCc3ccc(C(=O)NC4CCCCC4C)cc3)ncnc2s1. The van der Waals surface area contributed by atoms with Crippen LogP contribution in [0.4, 0.5) is 5.82 Å². The van der Waals surface area contributed by atoms with Gasteiger partial charge < -0.3 is 10.6 Å². The van der Waals surface area contributed by atoms with E-state index in [0.717, 1.165) is 33.6 Å². The van der Waals surface area contributed by atoms with Crippen molar-refractivity contribution in [3.63, 3.8) is 0 Å². The van der Waals surface area contributed by atoms with Gasteiger partial charge in [0.1, 0.15) is 17.0 Å². The molecule has 1 saturated carbocycles. The summed E-state index contributed by atoms with van der Waals surface area (Å²) in [4.78, 5) is 23.5. The van der Waals surface area contributed by atoms with Crippen molar-refractivity contribution < 1.29 is 4.79 Å². The van der Waals surface area contributed by atoms with Gasteiger partial charge in [-0.1, -0.05) is 31.9 Å². The van der Waals surface area contributed by atoms with Crippen LogP contribution in [0.25, 0.3) is 10.2 Å². The predicted octanol–water partition coefficient (Wildman–Crippen LogP) is 4.92. The number of rotatable bonds is 5. The van der Waals surface area contributed by atoms with Crippen LogP contribution in [0.3, 0.4) is 0 Å². The van der Waals surface area contributed by atoms with Gasteiger partial charge in [0.2, 0.25) is 0 Å². The van der Waals surface area contributed by atoms with Crippen molar-refractivity contribution in [1.29, 1.82) is 0 Å². The van der Waals surface area contributed by atoms with E-state index in [9.17, 15) is 4.79 Å². The van der Waals surface area contributed by atoms with Crippen molar-refractivity contribution in [1.82, 2.24) is 15.3 Å². The van der Waals surface area contributed by atoms with Crippen LogP contribution in [0.5, 0.6) is 0 Å². The normalized spacial score (nSPS) is 19.5. The fraction of sp³-hybridized carbons (Fsp3) is 0.409. The van der Waals surface area contributed by atoms with E-state index in [4.69, 9.17) is 0 Å². The van der Waals surface area contributed by atoms with Crippen molar-refractivity contribution >= 4 is 33.3 Å². The third-order valence-electron chi connectivity index (χ3n) is 5.56. The first kappa shape index (κ1) is 18.9. The molecule has 146 valence electrons. The molecule has 5 nitrogen and oxygen atoms in total. The summed E-state index contributed by atoms with van der Waals surface area (Å²) in [5, 5.41) is 7.66. The highest BCUT2D eigenvalue weighted by atomic mass is 32.1. The molecule has 0 saturated heterocycles. The Labute approximate surface area is 169 Å². The van der Waals surface area contributed by atoms with Gasteiger partial charge >= 0.3 is 0 Å². The lowest BCUT2D eigenvalue weighted by Gasteiger charge is -2.29. The highest BCUT2D eigenvalue weighted by molar-refractivity contribution is 7.18. The van der Waals surface area contributed by atoms with E-state index < -0.39 is 0 Å². The smallest absolute Gasteiger partial charge is 0.251 e. The van der Waals surface area contributed by atoms with Gasteiger partial charge in [-0.05, 0) is 49.4 Å². The zero-order valence-corrected chi connectivity index (χ0v) is 17.2. The molecule has 2 atom stereocenters. The summed E-state index contributed by atoms with van der Waals surface area (Å²) in [6, 6.07) is 10.2. The van der Waals surface area contributed by atoms with Crippen LogP contribution in [0.2, 0.25) is 0 Å². The van der Waals surface area contributed by atoms with Crippen LogP contribution in [-0.2, 0) is 6.54 Å². The second-order valence-electron chi connectivity index (χ2n) is 7.69. The fourth-order valence-electron chi connectivity index (χ4n) is 3.86. The lowest BCUT2D eigenvalue weighted by Crippen LogP contribution is -2.41. The number of nitrogens with one attached hydrogen (secondary N) is 2. The lowest BCUT2D eigenvalue weighted by atomic mass is 9.86. The molecule has 1 aliphatic carbocycles. The molecule has 4 rings (SSSR count). The third-order valence-corrected chi connectivity index (χ3v) is 6.52. The molecule has 1 aromatic carbocycles. The van der Waals surface area contributed by atoms with Crippen molar-refractivity contribution in [3.05, 3.63) is 52.7 Å². The molecule has 6 heteroatoms. The van der Waals surface area contributed by atoms with Crippen LogP contribution in [0.1, 0.15) is 53.4 Å². The number of benzene rings is 1. The van der Waals surface area contributed by atoms with Gasteiger partial charge in [0, 0.05) is 23.0 Å². The average molecular weight is 395 g/mol. The zero-order valence-electron chi connectivity index (χ0n) is 16.4. The Morgan fingerprint density at radius 3 is 2.75 bits per heavy atom. The first-order chi connectivity index (χ1) is 13.6. The fourth-order valence-corrected chi connectivity index (χ4v) is 4.71. The quantitative estimate of drug-likeness (QED) is 0.644. The molecule has 2 N–H and O–H groups in total. The van der Waals surface area contributed by atoms with Crippen LogP contribution in [-0.4, -0.2) is 21.9 Å². The maximum Gasteiger partial charge on any atom is 0.251 e. The van der Waals surface area contributed by atoms with E-state index in [1.165, 1.54) is 24.1 Å². The zero-order chi connectivity index (χ0) is 19.5. The number of carbonyl (C=O) groups is 1. The Hall–Kier alpha value is -2.47. The highest BCUT2D eigenvalue weighted by Crippen LogP contribution is 2.28. The number of anilines is 1. The maximum absolute atomic E-state index is 12.6. The van der Waals surface area contributed by atoms with E-state index in [2.05, 4.69) is 40.5 Å². The van der Waals surface area contributed by atoms with Gasteiger partial charge in [-0.3, -0.25) is 4.79 Å². The molecular formula is C22H26N4OS. The maximum atomic E-state index is 12.6. The van der Waals surface area contributed by atoms with Gasteiger partial charge in [0.25, 0.3) is 5.91 Å². The van der Waals surface area contributed by atoms with E-state index in [0.29, 0.717) is 18.5 Å². The summed E-state index contributed by atoms with van der Waals surface area (Å²) in [6.45, 7) is 4.97. The number of aryl methyl sites for hydroxylation is 1. The second kappa shape index (κ2) is 8.27. The minimum Gasteiger partial charge on any atom is -0.365 e. The van der Waals surface area contributed by atoms with Crippen molar-refractivity contribution in [2.75, 3.05) is 5.32 Å². The number of carbonyl (C=O) groups excluding carboxylic acids is 1. The Bertz CT molecular complexity index is 966. The number of amides is 1. The summed E-state index contributed by atoms with van der Waals surface area (Å²) in [5.41, 5.74) is 1.83. The Kier molecular flexibility index (Phi) is 5.57. The van der Waals surface area contributed by atoms with E-state index in [1.807, 2.05) is 24.3 Å². The van der Waals surface area contributed by atoms with Gasteiger partial charge in [-0.25, -0.2) is 9.97 Å². The monoisotopic (exact) mass is 394 g/mol. The molecule has 1 amide bonds. The first-order valence-corrected chi connectivity index (χ1v) is 10.8. The average Bonchev–Trinajstić information content (AvgIpc) is 3.09. The number of hydrogen-bond donors (Lipinski definition) is 2. The van der Waals surface area contributed by atoms with Gasteiger partial charge in [0.05, 0.1) is 5.39 Å². The number of hydrogen-bond acceptors (Lipinski definition) is 5. The molecule has 2 heterocycles. The molecule has 2 unspecified atom stereocenters. The third kappa shape index (κ3) is 4.17. The van der Waals surface area contributed by atoms with E-state index >= 15 is 0 Å². The molecule has 0 spiro atoms. The summed E-state index contributed by atoms with van der Waals surface area (Å²) >= 11 is 1.67. The Morgan fingerprint density at radius 1 is 1.18 bits per heavy atom. The molecule has 28 heavy (non-hydrogen) atoms. The van der Waals surface area contributed by atoms with Crippen molar-refractivity contribution in [3.8, 4) is 0 Å². The number of fused-ring (bicyclic) bond motifs is 1. The number of nitrogens with zero attached hydrogens (tertiary/aromatic N) is 2. The largest absolute Gasteiger partial charge is 0.365 e. The van der Waals surface area contributed by atoms with Crippen LogP contribution < -0.4 is 10.6 Å². The molecule has 0 bridgehead atoms. The minimum atomic E-state index is 0.0320. The van der Waals surface area contributed by atoms with E-state index in [1.54, 1.807) is 17.7 Å². The number of thiophene rings is 1. The van der Waals surface area contributed by atoms with Gasteiger partial charge in [-0.2, -0.15) is 0 Å². The Morgan fingerprint density at radius 2 is 1.96 bits per heavy atom. The van der Waals surface area contributed by atoms with E-state index in [-0.39, 0.29) is 5.91 Å². The van der Waals surface area contributed by atoms with Crippen LogP contribution in [0, 0.1) is 12.8 Å². The highest BCUT2D eigenvalue weighted by Gasteiger charge is 2.23. The molecule has 1 fully saturated rings. The van der Waals surface area contributed by atoms with Crippen LogP contribution in [0.15, 0.2) is 36.7 Å². The molecular weight excluding hydrogens is 368 g/mol. The van der Waals surface area contributed by atoms with Crippen molar-refractivity contribution in [2.45, 2.75) is 52.1 Å². The Balaban J connectivity index is 1.38. The van der Waals surface area contributed by atoms with Gasteiger partial charge in [-0.15, -0.1) is 11.3 Å². The topological polar surface area (TPSA) is 66.9 Å². The van der Waals surface area contributed by atoms with Crippen molar-refractivity contribution in [2.24, 2.45) is 5.92 Å². The molecule has 3 aromatic rings. The summed E-state index contributed by atoms with van der Waals surface area (Å²) in [5.74, 6) is 1.44. The molecule has 1 aliphatic rings. The van der Waals surface area contributed by atoms with Gasteiger partial charge in [0.15, 0.2) is 0 Å². The molecule has 0 aliphatic heterocycles. The number of aromatic nitrogens is 2. The second-order valence-corrected chi connectivity index (χ2v) is 8.93. The predicted molar refractivity (Wildman–Crippen MR) is 115 cm³/mol. The summed E-state index contributed by atoms with van der Waals surface area (Å²) in [7, 11) is 0. The lowest BCUT2D eigenvalue weighted by molar-refractivity contribution is 0.0910. The first-order valence-electron chi connectivity index (χ1n) is 9.95. The summed E-state index contributed by atoms with van der Waals surface area (Å²) in [6.07, 6.45) is 6.37. The standard InChI is InChI=1S/C22H26N4OS/c1-14-5-3-4-6-19(14)26-21(27)17-9-7-16(8-10-17)12-23-20-18-11-15(2)28-22(18)25-13-24-20/h7-11,13-14,19H,3-6,12H2,1-2H3,(H,26,27)(H,23,24,25). The summed E-state index contributed by atoms with van der Waals surface area (Å²) < 4.78 is 0.